The summed E-state index contributed by atoms with van der Waals surface area (Å²) < 4.78 is 15.9. The fraction of sp³-hybridized carbons (Fsp3) is 0.500. The van der Waals surface area contributed by atoms with Crippen LogP contribution in [0.3, 0.4) is 0 Å². The SMILES string of the molecule is CCOC(=O)CNC(C)c1ccc2c(c1)OCCO2. The Morgan fingerprint density at radius 1 is 1.37 bits per heavy atom. The molecule has 1 aliphatic rings. The molecule has 1 aliphatic heterocycles. The van der Waals surface area contributed by atoms with Crippen LogP contribution in [-0.2, 0) is 9.53 Å². The van der Waals surface area contributed by atoms with Crippen LogP contribution in [0, 0.1) is 0 Å². The van der Waals surface area contributed by atoms with E-state index in [1.165, 1.54) is 0 Å². The summed E-state index contributed by atoms with van der Waals surface area (Å²) in [6.07, 6.45) is 0. The average molecular weight is 265 g/mol. The Kier molecular flexibility index (Phi) is 4.63. The molecular weight excluding hydrogens is 246 g/mol. The van der Waals surface area contributed by atoms with Gasteiger partial charge < -0.3 is 19.5 Å². The molecule has 0 aliphatic carbocycles. The van der Waals surface area contributed by atoms with Gasteiger partial charge in [0.05, 0.1) is 13.2 Å². The Bertz CT molecular complexity index is 447. The van der Waals surface area contributed by atoms with E-state index in [4.69, 9.17) is 14.2 Å². The lowest BCUT2D eigenvalue weighted by atomic mass is 10.1. The number of ether oxygens (including phenoxy) is 3. The van der Waals surface area contributed by atoms with Gasteiger partial charge in [-0.1, -0.05) is 6.07 Å². The zero-order valence-corrected chi connectivity index (χ0v) is 11.3. The Morgan fingerprint density at radius 2 is 2.11 bits per heavy atom. The summed E-state index contributed by atoms with van der Waals surface area (Å²) in [4.78, 5) is 11.3. The van der Waals surface area contributed by atoms with Crippen molar-refractivity contribution in [2.75, 3.05) is 26.4 Å². The van der Waals surface area contributed by atoms with Crippen LogP contribution in [0.15, 0.2) is 18.2 Å². The summed E-state index contributed by atoms with van der Waals surface area (Å²) in [5, 5.41) is 3.12. The fourth-order valence-electron chi connectivity index (χ4n) is 1.90. The number of rotatable bonds is 5. The van der Waals surface area contributed by atoms with Gasteiger partial charge in [0.1, 0.15) is 13.2 Å². The van der Waals surface area contributed by atoms with E-state index < -0.39 is 0 Å². The highest BCUT2D eigenvalue weighted by Gasteiger charge is 2.14. The lowest BCUT2D eigenvalue weighted by molar-refractivity contribution is -0.142. The largest absolute Gasteiger partial charge is 0.486 e. The topological polar surface area (TPSA) is 56.8 Å². The fourth-order valence-corrected chi connectivity index (χ4v) is 1.90. The van der Waals surface area contributed by atoms with Crippen molar-refractivity contribution in [2.24, 2.45) is 0 Å². The maximum absolute atomic E-state index is 11.3. The number of nitrogens with one attached hydrogen (secondary N) is 1. The second kappa shape index (κ2) is 6.43. The van der Waals surface area contributed by atoms with E-state index in [2.05, 4.69) is 5.32 Å². The third kappa shape index (κ3) is 3.61. The summed E-state index contributed by atoms with van der Waals surface area (Å²) in [6.45, 7) is 5.54. The van der Waals surface area contributed by atoms with Crippen LogP contribution in [-0.4, -0.2) is 32.3 Å². The first-order chi connectivity index (χ1) is 9.20. The van der Waals surface area contributed by atoms with E-state index in [9.17, 15) is 4.79 Å². The highest BCUT2D eigenvalue weighted by Crippen LogP contribution is 2.32. The Morgan fingerprint density at radius 3 is 2.84 bits per heavy atom. The molecule has 0 radical (unpaired) electrons. The molecule has 1 aromatic carbocycles. The molecule has 5 heteroatoms. The predicted octanol–water partition coefficient (Wildman–Crippen LogP) is 1.67. The van der Waals surface area contributed by atoms with Crippen molar-refractivity contribution in [2.45, 2.75) is 19.9 Å². The quantitative estimate of drug-likeness (QED) is 0.821. The molecule has 1 heterocycles. The van der Waals surface area contributed by atoms with Crippen molar-refractivity contribution in [3.05, 3.63) is 23.8 Å². The van der Waals surface area contributed by atoms with E-state index in [-0.39, 0.29) is 18.6 Å². The molecule has 0 aromatic heterocycles. The Labute approximate surface area is 112 Å². The molecule has 0 saturated heterocycles. The number of esters is 1. The smallest absolute Gasteiger partial charge is 0.319 e. The molecule has 1 unspecified atom stereocenters. The van der Waals surface area contributed by atoms with E-state index in [0.29, 0.717) is 19.8 Å². The van der Waals surface area contributed by atoms with Crippen molar-refractivity contribution < 1.29 is 19.0 Å². The Hall–Kier alpha value is -1.75. The van der Waals surface area contributed by atoms with Gasteiger partial charge >= 0.3 is 5.97 Å². The van der Waals surface area contributed by atoms with E-state index in [1.54, 1.807) is 6.92 Å². The first-order valence-electron chi connectivity index (χ1n) is 6.49. The van der Waals surface area contributed by atoms with Crippen molar-refractivity contribution in [1.82, 2.24) is 5.32 Å². The maximum atomic E-state index is 11.3. The third-order valence-electron chi connectivity index (χ3n) is 2.92. The lowest BCUT2D eigenvalue weighted by Gasteiger charge is -2.21. The highest BCUT2D eigenvalue weighted by atomic mass is 16.6. The molecule has 0 amide bonds. The molecule has 0 bridgehead atoms. The number of carbonyl (C=O) groups excluding carboxylic acids is 1. The minimum absolute atomic E-state index is 0.0419. The number of fused-ring (bicyclic) bond motifs is 1. The van der Waals surface area contributed by atoms with Crippen LogP contribution in [0.2, 0.25) is 0 Å². The van der Waals surface area contributed by atoms with Gasteiger partial charge in [-0.2, -0.15) is 0 Å². The van der Waals surface area contributed by atoms with E-state index in [0.717, 1.165) is 17.1 Å². The van der Waals surface area contributed by atoms with Crippen LogP contribution in [0.5, 0.6) is 11.5 Å². The molecule has 2 rings (SSSR count). The number of hydrogen-bond donors (Lipinski definition) is 1. The summed E-state index contributed by atoms with van der Waals surface area (Å²) in [5.74, 6) is 1.29. The van der Waals surface area contributed by atoms with Gasteiger partial charge in [0, 0.05) is 6.04 Å². The number of benzene rings is 1. The summed E-state index contributed by atoms with van der Waals surface area (Å²) in [7, 11) is 0. The van der Waals surface area contributed by atoms with E-state index in [1.807, 2.05) is 25.1 Å². The maximum Gasteiger partial charge on any atom is 0.319 e. The molecular formula is C14H19NO4. The van der Waals surface area contributed by atoms with Crippen LogP contribution >= 0.6 is 0 Å². The van der Waals surface area contributed by atoms with Gasteiger partial charge in [-0.3, -0.25) is 4.79 Å². The second-order valence-corrected chi connectivity index (χ2v) is 4.31. The molecule has 0 saturated carbocycles. The molecule has 5 nitrogen and oxygen atoms in total. The molecule has 1 aromatic rings. The minimum Gasteiger partial charge on any atom is -0.486 e. The van der Waals surface area contributed by atoms with Crippen molar-refractivity contribution in [1.29, 1.82) is 0 Å². The zero-order chi connectivity index (χ0) is 13.7. The summed E-state index contributed by atoms with van der Waals surface area (Å²) in [6, 6.07) is 5.85. The average Bonchev–Trinajstić information content (AvgIpc) is 2.44. The molecule has 0 fully saturated rings. The summed E-state index contributed by atoms with van der Waals surface area (Å²) in [5.41, 5.74) is 1.05. The third-order valence-corrected chi connectivity index (χ3v) is 2.92. The standard InChI is InChI=1S/C14H19NO4/c1-3-17-14(16)9-15-10(2)11-4-5-12-13(8-11)19-7-6-18-12/h4-5,8,10,15H,3,6-7,9H2,1-2H3. The number of carbonyl (C=O) groups is 1. The molecule has 1 atom stereocenters. The van der Waals surface area contributed by atoms with Gasteiger partial charge in [-0.25, -0.2) is 0 Å². The monoisotopic (exact) mass is 265 g/mol. The van der Waals surface area contributed by atoms with Gasteiger partial charge in [-0.05, 0) is 31.5 Å². The predicted molar refractivity (Wildman–Crippen MR) is 70.5 cm³/mol. The summed E-state index contributed by atoms with van der Waals surface area (Å²) >= 11 is 0. The van der Waals surface area contributed by atoms with Crippen LogP contribution in [0.1, 0.15) is 25.5 Å². The number of hydrogen-bond acceptors (Lipinski definition) is 5. The van der Waals surface area contributed by atoms with Crippen LogP contribution < -0.4 is 14.8 Å². The molecule has 0 spiro atoms. The first-order valence-corrected chi connectivity index (χ1v) is 6.49. The van der Waals surface area contributed by atoms with Crippen LogP contribution in [0.25, 0.3) is 0 Å². The lowest BCUT2D eigenvalue weighted by Crippen LogP contribution is -2.27. The normalized spacial score (nSPS) is 14.8. The second-order valence-electron chi connectivity index (χ2n) is 4.31. The minimum atomic E-state index is -0.244. The van der Waals surface area contributed by atoms with Gasteiger partial charge in [0.15, 0.2) is 11.5 Å². The first kappa shape index (κ1) is 13.7. The van der Waals surface area contributed by atoms with Crippen LogP contribution in [0.4, 0.5) is 0 Å². The van der Waals surface area contributed by atoms with Gasteiger partial charge in [0.2, 0.25) is 0 Å². The van der Waals surface area contributed by atoms with E-state index >= 15 is 0 Å². The molecule has 1 N–H and O–H groups in total. The zero-order valence-electron chi connectivity index (χ0n) is 11.3. The Balaban J connectivity index is 1.95. The van der Waals surface area contributed by atoms with Crippen molar-refractivity contribution in [3.8, 4) is 11.5 Å². The van der Waals surface area contributed by atoms with Gasteiger partial charge in [-0.15, -0.1) is 0 Å². The molecule has 104 valence electrons. The van der Waals surface area contributed by atoms with Crippen molar-refractivity contribution in [3.63, 3.8) is 0 Å². The molecule has 19 heavy (non-hydrogen) atoms. The van der Waals surface area contributed by atoms with Crippen molar-refractivity contribution >= 4 is 5.97 Å². The van der Waals surface area contributed by atoms with Gasteiger partial charge in [0.25, 0.3) is 0 Å². The highest BCUT2D eigenvalue weighted by molar-refractivity contribution is 5.71.